The second kappa shape index (κ2) is 49.0. The van der Waals surface area contributed by atoms with E-state index in [1.807, 2.05) is 36.4 Å². The summed E-state index contributed by atoms with van der Waals surface area (Å²) in [6, 6.07) is 63.5. The maximum Gasteiger partial charge on any atom is 0.269 e. The molecule has 0 radical (unpaired) electrons. The van der Waals surface area contributed by atoms with Crippen LogP contribution in [0.2, 0.25) is 0 Å². The molecule has 20 fully saturated rings. The molecule has 16 atom stereocenters. The van der Waals surface area contributed by atoms with E-state index in [2.05, 4.69) is 242 Å². The molecule has 0 spiro atoms. The van der Waals surface area contributed by atoms with Crippen LogP contribution in [0.5, 0.6) is 0 Å². The fourth-order valence-electron chi connectivity index (χ4n) is 33.6. The highest BCUT2D eigenvalue weighted by Gasteiger charge is 2.52. The van der Waals surface area contributed by atoms with E-state index in [1.54, 1.807) is 58.1 Å². The zero-order valence-corrected chi connectivity index (χ0v) is 92.5. The van der Waals surface area contributed by atoms with E-state index < -0.39 is 0 Å². The quantitative estimate of drug-likeness (QED) is 0.0330. The minimum absolute atomic E-state index is 0.140. The van der Waals surface area contributed by atoms with Crippen LogP contribution in [-0.2, 0) is 0 Å². The van der Waals surface area contributed by atoms with Gasteiger partial charge >= 0.3 is 0 Å². The number of ketones is 2. The zero-order chi connectivity index (χ0) is 102. The second-order valence-corrected chi connectivity index (χ2v) is 51.0. The zero-order valence-electron chi connectivity index (χ0n) is 92.5. The highest BCUT2D eigenvalue weighted by molar-refractivity contribution is 5.95. The SMILES string of the molecule is C1=CCC(CN2CCN(c3ccccc3)CC2)CC1.CC(=O)c1ccc(N2CCN(C3CC4CCC3C4)CC2)cc1.CC(=O)c1ccc(N2CCN(CC3CC4C=CC3C4)CC2)cc1.Cc1ccc(C)c(N2CCN(C3CC4CCC3C4)CC2)c1.Cc1ccc(N2CCN(C3C4CC5CC(C4)CC3C5)CC2)cc1.Cc1ccc(N2CCN(C3CC4CCC3C4)CC2)cc1.O=[N+]([O-])c1ccc(N2CCN(C3CC4CCC3C4)CC2)cc1. The number of hydrogen-bond acceptors (Lipinski definition) is 18. The summed E-state index contributed by atoms with van der Waals surface area (Å²) in [5.74, 6) is 16.3. The van der Waals surface area contributed by atoms with Gasteiger partial charge in [-0.15, -0.1) is 0 Å². The molecule has 7 aromatic carbocycles. The number of anilines is 7. The molecule has 19 nitrogen and oxygen atoms in total. The lowest BCUT2D eigenvalue weighted by Gasteiger charge is -2.58. The number of Topliss-reactive ketones (excluding diaryl/α,β-unsaturated/α-hetero) is 2. The predicted octanol–water partition coefficient (Wildman–Crippen LogP) is 23.4. The first-order valence-electron chi connectivity index (χ1n) is 60.7. The molecule has 7 saturated heterocycles. The van der Waals surface area contributed by atoms with E-state index in [0.29, 0.717) is 0 Å². The van der Waals surface area contributed by atoms with Gasteiger partial charge in [0.1, 0.15) is 0 Å². The van der Waals surface area contributed by atoms with Crippen LogP contribution in [-0.4, -0.2) is 277 Å². The summed E-state index contributed by atoms with van der Waals surface area (Å²) in [4.78, 5) is 69.9. The van der Waals surface area contributed by atoms with Crippen LogP contribution in [0.15, 0.2) is 194 Å². The number of allylic oxidation sites excluding steroid dienone is 4. The van der Waals surface area contributed by atoms with Gasteiger partial charge in [-0.3, -0.25) is 54.0 Å². The molecule has 0 N–H and O–H groups in total. The molecule has 0 amide bonds. The van der Waals surface area contributed by atoms with Gasteiger partial charge in [0.2, 0.25) is 0 Å². The normalized spacial score (nSPS) is 32.3. The van der Waals surface area contributed by atoms with Crippen molar-refractivity contribution in [3.8, 4) is 0 Å². The lowest BCUT2D eigenvalue weighted by atomic mass is 9.54. The Morgan fingerprint density at radius 3 is 0.993 bits per heavy atom. The lowest BCUT2D eigenvalue weighted by molar-refractivity contribution is -0.384. The Kier molecular flexibility index (Phi) is 34.4. The summed E-state index contributed by atoms with van der Waals surface area (Å²) in [5, 5.41) is 10.7. The molecule has 13 saturated carbocycles. The molecule has 16 unspecified atom stereocenters. The molecule has 15 aliphatic carbocycles. The lowest BCUT2D eigenvalue weighted by Crippen LogP contribution is -2.60. The number of carbonyl (C=O) groups is 2. The molecule has 19 heteroatoms. The summed E-state index contributed by atoms with van der Waals surface area (Å²) >= 11 is 0. The van der Waals surface area contributed by atoms with Gasteiger partial charge in [-0.1, -0.05) is 116 Å². The number of non-ortho nitro benzene ring substituents is 1. The number of carbonyl (C=O) groups excluding carboxylic acids is 2. The molecule has 0 aromatic heterocycles. The predicted molar refractivity (Wildman–Crippen MR) is 620 cm³/mol. The first-order chi connectivity index (χ1) is 73.3. The summed E-state index contributed by atoms with van der Waals surface area (Å²) in [7, 11) is 0. The number of nitro benzene ring substituents is 1. The Labute approximate surface area is 901 Å². The van der Waals surface area contributed by atoms with E-state index in [-0.39, 0.29) is 22.2 Å². The number of piperazine rings is 7. The molecule has 806 valence electrons. The first-order valence-corrected chi connectivity index (χ1v) is 60.7. The van der Waals surface area contributed by atoms with Crippen LogP contribution in [0.25, 0.3) is 0 Å². The number of nitro groups is 1. The Morgan fingerprint density at radius 1 is 0.307 bits per heavy atom. The van der Waals surface area contributed by atoms with E-state index in [4.69, 9.17) is 0 Å². The Hall–Kier alpha value is -8.92. The largest absolute Gasteiger partial charge is 0.369 e. The van der Waals surface area contributed by atoms with Crippen molar-refractivity contribution >= 4 is 57.1 Å². The molecular formula is C131H183N15O4. The van der Waals surface area contributed by atoms with Crippen molar-refractivity contribution in [1.82, 2.24) is 34.3 Å². The fraction of sp³-hybridized carbons (Fsp3) is 0.634. The number of fused-ring (bicyclic) bond motifs is 10. The van der Waals surface area contributed by atoms with Crippen LogP contribution in [0.4, 0.5) is 45.5 Å². The Morgan fingerprint density at radius 2 is 0.653 bits per heavy atom. The van der Waals surface area contributed by atoms with Crippen LogP contribution in [0, 0.1) is 132 Å². The van der Waals surface area contributed by atoms with Crippen molar-refractivity contribution in [3.05, 3.63) is 238 Å². The third-order valence-corrected chi connectivity index (χ3v) is 41.7. The number of aryl methyl sites for hydroxylation is 4. The molecule has 7 aliphatic heterocycles. The van der Waals surface area contributed by atoms with Crippen molar-refractivity contribution in [3.63, 3.8) is 0 Å². The monoisotopic (exact) mass is 2030 g/mol. The van der Waals surface area contributed by atoms with Gasteiger partial charge in [-0.25, -0.2) is 0 Å². The van der Waals surface area contributed by atoms with Gasteiger partial charge in [0, 0.05) is 290 Å². The van der Waals surface area contributed by atoms with E-state index in [9.17, 15) is 19.7 Å². The number of para-hydroxylation sites is 1. The molecule has 29 rings (SSSR count). The van der Waals surface area contributed by atoms with Crippen LogP contribution in [0.3, 0.4) is 0 Å². The molecule has 150 heavy (non-hydrogen) atoms. The standard InChI is InChI=1S/C21H30N2.C20H26N2O.C19H26N2O.C19H28N2.C18H26N2.C17H23N3O2.C17H24N2/c1-15-2-4-20(5-3-15)22-6-8-23(9-7-22)21-18-11-16-10-17(13-18)14-19(21)12-16;1-15(23)17-4-6-20(7-5-17)22-10-8-21(9-11-22)14-19-13-16-2-3-18(19)12-16;1-14(22)16-4-6-18(7-5-16)20-8-10-21(11-9-20)19-13-15-2-3-17(19)12-15;1-14-3-4-15(2)18(11-14)20-7-9-21(10-8-20)19-13-16-5-6-17(19)12-16;1-14-2-6-17(7-3-14)19-8-10-20(11-9-19)18-13-15-4-5-16(18)12-15;21-20(22)16-5-3-15(4-6-16)18-7-9-19(10-8-18)17-12-13-1-2-14(17)11-13;1-3-7-16(8-4-1)15-18-11-13-19(14-12-18)17-9-5-2-6-10-17/h2-5,16-19,21H,6-14H2,1H3;2-7,16,18-19H,8-14H2,1H3;4-7,15,17,19H,2-3,8-13H2,1H3;3-4,11,16-17,19H,5-10,12-13H2,1-2H3;2-3,6-7,15-16,18H,4-5,8-13H2,1H3;3-6,13-14,17H,1-2,7-12H2;1-3,5-6,9-10,16H,4,7-8,11-15H2. The highest BCUT2D eigenvalue weighted by Crippen LogP contribution is 2.57. The summed E-state index contributed by atoms with van der Waals surface area (Å²) < 4.78 is 0. The van der Waals surface area contributed by atoms with Crippen LogP contribution < -0.4 is 34.3 Å². The highest BCUT2D eigenvalue weighted by atomic mass is 16.6. The number of hydrogen-bond donors (Lipinski definition) is 0. The molecule has 22 aliphatic rings. The summed E-state index contributed by atoms with van der Waals surface area (Å²) in [6.07, 6.45) is 48.0. The summed E-state index contributed by atoms with van der Waals surface area (Å²) in [5.41, 5.74) is 16.6. The molecule has 7 aromatic rings. The van der Waals surface area contributed by atoms with Crippen molar-refractivity contribution in [2.45, 2.75) is 239 Å². The Balaban J connectivity index is 0.0000000990. The van der Waals surface area contributed by atoms with Gasteiger partial charge in [0.05, 0.1) is 4.92 Å². The molecule has 14 bridgehead atoms. The van der Waals surface area contributed by atoms with Crippen LogP contribution in [0.1, 0.15) is 224 Å². The van der Waals surface area contributed by atoms with Crippen molar-refractivity contribution in [1.29, 1.82) is 0 Å². The van der Waals surface area contributed by atoms with Gasteiger partial charge < -0.3 is 34.3 Å². The van der Waals surface area contributed by atoms with Gasteiger partial charge in [0.25, 0.3) is 5.69 Å². The topological polar surface area (TPSA) is 123 Å². The maximum absolute atomic E-state index is 11.4. The minimum atomic E-state index is -0.336. The average Bonchev–Trinajstić information content (AvgIpc) is 0.983. The van der Waals surface area contributed by atoms with Crippen LogP contribution >= 0.6 is 0 Å². The van der Waals surface area contributed by atoms with Crippen molar-refractivity contribution < 1.29 is 14.5 Å². The third-order valence-electron chi connectivity index (χ3n) is 41.7. The fourth-order valence-corrected chi connectivity index (χ4v) is 33.6. The van der Waals surface area contributed by atoms with Crippen molar-refractivity contribution in [2.24, 2.45) is 94.7 Å². The molecular weight excluding hydrogens is 1850 g/mol. The number of benzene rings is 7. The first kappa shape index (κ1) is 105. The number of nitrogens with zero attached hydrogens (tertiary/aromatic N) is 15. The Bertz CT molecular complexity index is 5420. The van der Waals surface area contributed by atoms with Gasteiger partial charge in [-0.05, 0) is 392 Å². The van der Waals surface area contributed by atoms with E-state index in [1.165, 1.54) is 322 Å². The molecule has 7 heterocycles. The minimum Gasteiger partial charge on any atom is -0.369 e. The van der Waals surface area contributed by atoms with Gasteiger partial charge in [-0.2, -0.15) is 0 Å². The van der Waals surface area contributed by atoms with Crippen molar-refractivity contribution in [2.75, 3.05) is 231 Å². The van der Waals surface area contributed by atoms with E-state index in [0.717, 1.165) is 207 Å². The second-order valence-electron chi connectivity index (χ2n) is 51.0. The third kappa shape index (κ3) is 25.7. The number of rotatable bonds is 19. The summed E-state index contributed by atoms with van der Waals surface area (Å²) in [6.45, 7) is 47.7. The van der Waals surface area contributed by atoms with Gasteiger partial charge in [0.15, 0.2) is 11.6 Å². The smallest absolute Gasteiger partial charge is 0.269 e. The average molecular weight is 2030 g/mol. The van der Waals surface area contributed by atoms with E-state index >= 15 is 0 Å². The maximum atomic E-state index is 11.4.